The van der Waals surface area contributed by atoms with Crippen molar-refractivity contribution in [1.29, 1.82) is 0 Å². The van der Waals surface area contributed by atoms with E-state index in [1.165, 1.54) is 6.07 Å². The summed E-state index contributed by atoms with van der Waals surface area (Å²) in [4.78, 5) is 82.9. The van der Waals surface area contributed by atoms with Crippen LogP contribution in [0.4, 0.5) is 5.82 Å². The van der Waals surface area contributed by atoms with E-state index in [0.717, 1.165) is 10.8 Å². The highest BCUT2D eigenvalue weighted by Crippen LogP contribution is 2.66. The molecule has 1 aromatic carbocycles. The molecule has 1 aliphatic heterocycles. The van der Waals surface area contributed by atoms with Crippen LogP contribution >= 0.6 is 23.5 Å². The van der Waals surface area contributed by atoms with Gasteiger partial charge in [-0.3, -0.25) is 18.7 Å². The molecule has 0 aliphatic carbocycles. The largest absolute Gasteiger partial charge is 0.491 e. The number of nitrogens with two attached hydrogens (primary N) is 1. The highest BCUT2D eigenvalue weighted by molar-refractivity contribution is 7.66. The van der Waals surface area contributed by atoms with Crippen molar-refractivity contribution in [3.8, 4) is 17.6 Å². The van der Waals surface area contributed by atoms with Crippen molar-refractivity contribution in [3.63, 3.8) is 0 Å². The molecule has 3 rings (SSSR count). The fourth-order valence-electron chi connectivity index (χ4n) is 4.82. The third-order valence-corrected chi connectivity index (χ3v) is 11.2. The van der Waals surface area contributed by atoms with Gasteiger partial charge in [-0.15, -0.1) is 0 Å². The number of benzene rings is 1. The maximum absolute atomic E-state index is 12.8. The van der Waals surface area contributed by atoms with Crippen LogP contribution in [0.15, 0.2) is 45.5 Å². The molecule has 0 spiro atoms. The first-order valence-corrected chi connectivity index (χ1v) is 22.0. The molecule has 9 N–H and O–H groups in total. The summed E-state index contributed by atoms with van der Waals surface area (Å²) >= 11 is 0. The van der Waals surface area contributed by atoms with Crippen LogP contribution in [0.25, 0.3) is 20.9 Å². The van der Waals surface area contributed by atoms with Crippen LogP contribution in [-0.4, -0.2) is 126 Å². The minimum Gasteiger partial charge on any atom is -0.491 e. The maximum Gasteiger partial charge on any atom is 0.490 e. The lowest BCUT2D eigenvalue weighted by Gasteiger charge is -2.21. The molecule has 62 heavy (non-hydrogen) atoms. The van der Waals surface area contributed by atoms with Gasteiger partial charge in [0.15, 0.2) is 6.23 Å². The van der Waals surface area contributed by atoms with E-state index in [-0.39, 0.29) is 50.1 Å². The number of nitrogens with zero attached hydrogens (tertiary/aromatic N) is 8. The first-order valence-electron chi connectivity index (χ1n) is 17.4. The highest BCUT2D eigenvalue weighted by Gasteiger charge is 2.43. The van der Waals surface area contributed by atoms with Crippen LogP contribution in [0.1, 0.15) is 28.6 Å². The Balaban J connectivity index is 1.50. The van der Waals surface area contributed by atoms with E-state index in [9.17, 15) is 37.9 Å². The van der Waals surface area contributed by atoms with Crippen molar-refractivity contribution in [2.75, 3.05) is 72.2 Å². The summed E-state index contributed by atoms with van der Waals surface area (Å²) < 4.78 is 75.2. The van der Waals surface area contributed by atoms with E-state index in [1.54, 1.807) is 25.2 Å². The second kappa shape index (κ2) is 25.2. The highest BCUT2D eigenvalue weighted by atomic mass is 31.3. The van der Waals surface area contributed by atoms with Crippen molar-refractivity contribution in [2.45, 2.75) is 31.1 Å². The van der Waals surface area contributed by atoms with E-state index in [2.05, 4.69) is 66.0 Å². The number of nitrogen functional groups attached to an aromatic ring is 1. The minimum atomic E-state index is -5.82. The number of amides is 2. The third-order valence-electron chi connectivity index (χ3n) is 7.40. The lowest BCUT2D eigenvalue weighted by atomic mass is 10.2. The molecule has 2 heterocycles. The third kappa shape index (κ3) is 19.0. The molecule has 1 aliphatic rings. The van der Waals surface area contributed by atoms with Gasteiger partial charge in [-0.2, -0.15) is 13.6 Å². The van der Waals surface area contributed by atoms with Gasteiger partial charge in [0.25, 0.3) is 5.91 Å². The number of carbonyl (C=O) groups excluding carboxylic acids is 2. The molecular weight excluding hydrogens is 897 g/mol. The van der Waals surface area contributed by atoms with E-state index >= 15 is 0 Å². The Labute approximate surface area is 350 Å². The van der Waals surface area contributed by atoms with Crippen LogP contribution < -0.4 is 32.1 Å². The molecule has 340 valence electrons. The number of rotatable bonds is 26. The summed E-state index contributed by atoms with van der Waals surface area (Å²) in [6, 6.07) is 6.37. The summed E-state index contributed by atoms with van der Waals surface area (Å²) in [6.45, 7) is -1.49. The second-order valence-electron chi connectivity index (χ2n) is 11.9. The number of nitrogens with one attached hydrogen (secondary N) is 3. The maximum atomic E-state index is 12.8. The smallest absolute Gasteiger partial charge is 0.490 e. The molecule has 1 fully saturated rings. The van der Waals surface area contributed by atoms with Crippen LogP contribution in [0, 0.1) is 11.8 Å². The van der Waals surface area contributed by atoms with E-state index in [4.69, 9.17) is 50.3 Å². The zero-order valence-electron chi connectivity index (χ0n) is 32.3. The number of carbonyl (C=O) groups is 2. The monoisotopic (exact) mass is 938 g/mol. The number of ether oxygens (including phenoxy) is 5. The van der Waals surface area contributed by atoms with E-state index in [0.29, 0.717) is 24.4 Å². The number of phosphoric ester groups is 1. The predicted octanol–water partition coefficient (Wildman–Crippen LogP) is 0.275. The molecule has 0 radical (unpaired) electrons. The molecular formula is C29H41N12O18P3. The SMILES string of the molecule is CNCCNC(=O)c1cccc(OCC(N=[N+]=[N-])OCCOCC(=O)NCC#Cc2cn([C@H]3C[C@@H](OCN=[N+]=[N-])[C@@H](COP(=O)(O)OP(=O)(O)OP(=O)(O)O)O3)c(=O)nc2N)c1. The Morgan fingerprint density at radius 1 is 1.11 bits per heavy atom. The van der Waals surface area contributed by atoms with Crippen molar-refractivity contribution in [1.82, 2.24) is 25.5 Å². The number of anilines is 1. The van der Waals surface area contributed by atoms with Gasteiger partial charge in [0.2, 0.25) is 5.91 Å². The van der Waals surface area contributed by atoms with Gasteiger partial charge >= 0.3 is 29.2 Å². The molecule has 0 saturated carbocycles. The minimum absolute atomic E-state index is 0.00366. The molecule has 2 aromatic rings. The molecule has 3 unspecified atom stereocenters. The lowest BCUT2D eigenvalue weighted by Crippen LogP contribution is -2.30. The normalized spacial score (nSPS) is 18.4. The number of likely N-dealkylation sites (N-methyl/N-ethyl adjacent to an activating group) is 1. The van der Waals surface area contributed by atoms with Gasteiger partial charge < -0.3 is 64.9 Å². The fraction of sp³-hybridized carbons (Fsp3) is 0.517. The van der Waals surface area contributed by atoms with Gasteiger partial charge in [0.05, 0.1) is 38.0 Å². The number of azide groups is 2. The van der Waals surface area contributed by atoms with Gasteiger partial charge in [-0.1, -0.05) is 28.1 Å². The Hall–Kier alpha value is -4.97. The van der Waals surface area contributed by atoms with Gasteiger partial charge in [-0.25, -0.2) is 18.5 Å². The van der Waals surface area contributed by atoms with Crippen molar-refractivity contribution in [2.24, 2.45) is 10.2 Å². The van der Waals surface area contributed by atoms with Crippen LogP contribution in [0.5, 0.6) is 5.75 Å². The van der Waals surface area contributed by atoms with E-state index < -0.39 is 79.7 Å². The zero-order valence-corrected chi connectivity index (χ0v) is 35.0. The molecule has 1 aromatic heterocycles. The second-order valence-corrected chi connectivity index (χ2v) is 16.3. The number of phosphoric acid groups is 3. The van der Waals surface area contributed by atoms with Crippen LogP contribution in [0.3, 0.4) is 0 Å². The Bertz CT molecular complexity index is 2230. The lowest BCUT2D eigenvalue weighted by molar-refractivity contribution is -0.126. The van der Waals surface area contributed by atoms with Crippen molar-refractivity contribution in [3.05, 3.63) is 73.0 Å². The van der Waals surface area contributed by atoms with Crippen LogP contribution in [0.2, 0.25) is 0 Å². The molecule has 0 bridgehead atoms. The first kappa shape index (κ1) is 51.4. The van der Waals surface area contributed by atoms with Gasteiger partial charge in [0.1, 0.15) is 43.8 Å². The summed E-state index contributed by atoms with van der Waals surface area (Å²) in [5.41, 5.74) is 22.8. The van der Waals surface area contributed by atoms with E-state index in [1.807, 2.05) is 0 Å². The zero-order chi connectivity index (χ0) is 45.8. The molecule has 33 heteroatoms. The summed E-state index contributed by atoms with van der Waals surface area (Å²) in [7, 11) is -15.3. The topological polar surface area (TPSA) is 435 Å². The molecule has 1 saturated heterocycles. The van der Waals surface area contributed by atoms with Gasteiger partial charge in [-0.05, 0) is 36.3 Å². The first-order chi connectivity index (χ1) is 29.3. The Morgan fingerprint density at radius 3 is 2.60 bits per heavy atom. The van der Waals surface area contributed by atoms with Crippen LogP contribution in [-0.2, 0) is 50.6 Å². The Kier molecular flexibility index (Phi) is 20.9. The van der Waals surface area contributed by atoms with Crippen molar-refractivity contribution < 1.29 is 79.7 Å². The average molecular weight is 939 g/mol. The summed E-state index contributed by atoms with van der Waals surface area (Å²) in [5.74, 6) is 4.42. The standard InChI is InChI=1S/C29H41N12O18P3/c1-33-8-9-35-28(43)19-4-2-6-21(12-19)54-17-25(38-40-32)53-11-10-52-16-24(42)34-7-3-5-20-14-41(29(44)37-27(20)30)26-13-22(55-18-36-39-31)23(57-26)15-56-61(48,49)59-62(50,51)58-60(45,46)47/h2,4,6,12,14,22-23,25-26,33H,7-11,13,15-18H2,1H3,(H,34,42)(H,35,43)(H,48,49)(H,50,51)(H2,30,37,44)(H2,45,46,47)/t22-,23-,25?,26-/m1/s1. The number of aromatic nitrogens is 2. The predicted molar refractivity (Wildman–Crippen MR) is 208 cm³/mol. The number of hydrogen-bond acceptors (Lipinski definition) is 19. The summed E-state index contributed by atoms with van der Waals surface area (Å²) in [5, 5.41) is 14.9. The molecule has 2 amide bonds. The van der Waals surface area contributed by atoms with Crippen molar-refractivity contribution >= 4 is 41.1 Å². The van der Waals surface area contributed by atoms with Gasteiger partial charge in [0, 0.05) is 41.1 Å². The average Bonchev–Trinajstić information content (AvgIpc) is 3.59. The fourth-order valence-corrected chi connectivity index (χ4v) is 7.85. The summed E-state index contributed by atoms with van der Waals surface area (Å²) in [6.07, 6.45) is -3.87. The Morgan fingerprint density at radius 2 is 1.89 bits per heavy atom. The molecule has 6 atom stereocenters. The quantitative estimate of drug-likeness (QED) is 0.0157. The molecule has 30 nitrogen and oxygen atoms in total. The number of hydrogen-bond donors (Lipinski definition) is 8.